The van der Waals surface area contributed by atoms with Gasteiger partial charge in [0, 0.05) is 18.2 Å². The fourth-order valence-electron chi connectivity index (χ4n) is 2.49. The van der Waals surface area contributed by atoms with Gasteiger partial charge < -0.3 is 4.57 Å². The Kier molecular flexibility index (Phi) is 4.66. The van der Waals surface area contributed by atoms with Crippen LogP contribution in [-0.4, -0.2) is 10.5 Å². The van der Waals surface area contributed by atoms with Crippen molar-refractivity contribution in [3.8, 4) is 0 Å². The minimum absolute atomic E-state index is 0.0782. The maximum atomic E-state index is 14.0. The van der Waals surface area contributed by atoms with Crippen molar-refractivity contribution >= 4 is 27.5 Å². The number of aromatic nitrogens is 1. The number of benzene rings is 2. The van der Waals surface area contributed by atoms with Crippen LogP contribution < -0.4 is 4.80 Å². The lowest BCUT2D eigenvalue weighted by Crippen LogP contribution is -2.16. The average molecular weight is 386 g/mol. The molecule has 9 heteroatoms. The molecule has 1 aromatic heterocycles. The molecule has 3 nitrogen and oxygen atoms in total. The summed E-state index contributed by atoms with van der Waals surface area (Å²) in [5.74, 6) is -2.47. The normalized spacial score (nSPS) is 12.8. The number of carbonyl (C=O) groups excluding carboxylic acids is 1. The molecule has 0 saturated heterocycles. The summed E-state index contributed by atoms with van der Waals surface area (Å²) in [7, 11) is 0. The molecule has 0 aliphatic carbocycles. The lowest BCUT2D eigenvalue weighted by molar-refractivity contribution is -0.137. The molecular weight excluding hydrogens is 375 g/mol. The molecule has 136 valence electrons. The maximum Gasteiger partial charge on any atom is 0.416 e. The summed E-state index contributed by atoms with van der Waals surface area (Å²) in [6, 6.07) is 5.71. The van der Waals surface area contributed by atoms with Crippen LogP contribution in [0.4, 0.5) is 22.0 Å². The van der Waals surface area contributed by atoms with Crippen molar-refractivity contribution in [2.75, 3.05) is 0 Å². The van der Waals surface area contributed by atoms with Gasteiger partial charge in [-0.1, -0.05) is 17.4 Å². The third kappa shape index (κ3) is 3.39. The van der Waals surface area contributed by atoms with Gasteiger partial charge in [-0.05, 0) is 31.2 Å². The molecule has 2 aromatic carbocycles. The number of halogens is 5. The topological polar surface area (TPSA) is 34.4 Å². The zero-order chi connectivity index (χ0) is 19.1. The first kappa shape index (κ1) is 18.2. The van der Waals surface area contributed by atoms with Crippen LogP contribution in [0.15, 0.2) is 41.4 Å². The number of thiazole rings is 1. The summed E-state index contributed by atoms with van der Waals surface area (Å²) in [6.45, 7) is 1.93. The van der Waals surface area contributed by atoms with Crippen molar-refractivity contribution < 1.29 is 26.7 Å². The molecule has 1 amide bonds. The quantitative estimate of drug-likeness (QED) is 0.585. The van der Waals surface area contributed by atoms with Crippen molar-refractivity contribution in [1.82, 2.24) is 4.57 Å². The third-order valence-corrected chi connectivity index (χ3v) is 4.67. The predicted molar refractivity (Wildman–Crippen MR) is 86.7 cm³/mol. The minimum Gasteiger partial charge on any atom is -0.314 e. The standard InChI is InChI=1S/C17H11F5N2OS/c1-2-24-14-12(19)7-11(18)8-13(14)26-16(24)23-15(25)9-4-3-5-10(6-9)17(20,21)22/h3-8H,2H2,1H3. The zero-order valence-electron chi connectivity index (χ0n) is 13.3. The van der Waals surface area contributed by atoms with Gasteiger partial charge in [0.1, 0.15) is 5.82 Å². The van der Waals surface area contributed by atoms with Gasteiger partial charge in [0.25, 0.3) is 5.91 Å². The van der Waals surface area contributed by atoms with E-state index in [9.17, 15) is 26.7 Å². The van der Waals surface area contributed by atoms with Gasteiger partial charge in [-0.2, -0.15) is 18.2 Å². The first-order valence-corrected chi connectivity index (χ1v) is 8.27. The lowest BCUT2D eigenvalue weighted by Gasteiger charge is -2.06. The van der Waals surface area contributed by atoms with E-state index in [4.69, 9.17) is 0 Å². The monoisotopic (exact) mass is 386 g/mol. The van der Waals surface area contributed by atoms with Gasteiger partial charge in [0.2, 0.25) is 0 Å². The molecule has 0 spiro atoms. The summed E-state index contributed by atoms with van der Waals surface area (Å²) >= 11 is 0.883. The van der Waals surface area contributed by atoms with Crippen molar-refractivity contribution in [2.45, 2.75) is 19.6 Å². The van der Waals surface area contributed by atoms with Gasteiger partial charge in [-0.3, -0.25) is 4.79 Å². The molecule has 0 aliphatic rings. The first-order valence-electron chi connectivity index (χ1n) is 7.45. The molecule has 3 rings (SSSR count). The fourth-order valence-corrected chi connectivity index (χ4v) is 3.62. The maximum absolute atomic E-state index is 14.0. The van der Waals surface area contributed by atoms with E-state index in [1.54, 1.807) is 6.92 Å². The molecule has 0 fully saturated rings. The number of hydrogen-bond donors (Lipinski definition) is 0. The molecule has 1 heterocycles. The molecule has 0 aliphatic heterocycles. The molecule has 0 unspecified atom stereocenters. The highest BCUT2D eigenvalue weighted by atomic mass is 32.1. The minimum atomic E-state index is -4.59. The Morgan fingerprint density at radius 3 is 2.58 bits per heavy atom. The van der Waals surface area contributed by atoms with Crippen molar-refractivity contribution in [2.24, 2.45) is 4.99 Å². The number of alkyl halides is 3. The van der Waals surface area contributed by atoms with Crippen LogP contribution in [0.3, 0.4) is 0 Å². The number of amides is 1. The van der Waals surface area contributed by atoms with E-state index in [0.29, 0.717) is 6.07 Å². The van der Waals surface area contributed by atoms with Crippen molar-refractivity contribution in [3.05, 3.63) is 64.0 Å². The second kappa shape index (κ2) is 6.64. The van der Waals surface area contributed by atoms with Crippen molar-refractivity contribution in [1.29, 1.82) is 0 Å². The smallest absolute Gasteiger partial charge is 0.314 e. The second-order valence-electron chi connectivity index (χ2n) is 5.36. The molecular formula is C17H11F5N2OS. The molecule has 0 saturated carbocycles. The zero-order valence-corrected chi connectivity index (χ0v) is 14.1. The number of fused-ring (bicyclic) bond motifs is 1. The Bertz CT molecular complexity index is 1070. The van der Waals surface area contributed by atoms with Crippen LogP contribution in [0.25, 0.3) is 10.2 Å². The molecule has 0 bridgehead atoms. The molecule has 0 radical (unpaired) electrons. The third-order valence-electron chi connectivity index (χ3n) is 3.65. The van der Waals surface area contributed by atoms with Gasteiger partial charge >= 0.3 is 6.18 Å². The average Bonchev–Trinajstić information content (AvgIpc) is 2.91. The number of nitrogens with zero attached hydrogens (tertiary/aromatic N) is 2. The van der Waals surface area contributed by atoms with E-state index in [1.165, 1.54) is 10.6 Å². The number of rotatable bonds is 2. The Hall–Kier alpha value is -2.55. The first-order chi connectivity index (χ1) is 12.2. The van der Waals surface area contributed by atoms with Crippen molar-refractivity contribution in [3.63, 3.8) is 0 Å². The van der Waals surface area contributed by atoms with Gasteiger partial charge in [0.15, 0.2) is 10.6 Å². The summed E-state index contributed by atoms with van der Waals surface area (Å²) in [5.41, 5.74) is -1.12. The van der Waals surface area contributed by atoms with E-state index in [2.05, 4.69) is 4.99 Å². The fraction of sp³-hybridized carbons (Fsp3) is 0.176. The van der Waals surface area contributed by atoms with Crippen LogP contribution in [0.5, 0.6) is 0 Å². The predicted octanol–water partition coefficient (Wildman–Crippen LogP) is 4.76. The lowest BCUT2D eigenvalue weighted by atomic mass is 10.1. The highest BCUT2D eigenvalue weighted by molar-refractivity contribution is 7.16. The molecule has 0 N–H and O–H groups in total. The summed E-state index contributed by atoms with van der Waals surface area (Å²) < 4.78 is 67.4. The largest absolute Gasteiger partial charge is 0.416 e. The Labute approximate surface area is 148 Å². The van der Waals surface area contributed by atoms with E-state index < -0.39 is 29.3 Å². The highest BCUT2D eigenvalue weighted by Crippen LogP contribution is 2.29. The number of aryl methyl sites for hydroxylation is 1. The van der Waals surface area contributed by atoms with Crippen LogP contribution in [0, 0.1) is 11.6 Å². The Balaban J connectivity index is 2.13. The van der Waals surface area contributed by atoms with E-state index >= 15 is 0 Å². The van der Waals surface area contributed by atoms with Crippen LogP contribution in [0.2, 0.25) is 0 Å². The van der Waals surface area contributed by atoms with Gasteiger partial charge in [-0.15, -0.1) is 0 Å². The van der Waals surface area contributed by atoms with Crippen LogP contribution in [0.1, 0.15) is 22.8 Å². The second-order valence-corrected chi connectivity index (χ2v) is 6.37. The van der Waals surface area contributed by atoms with E-state index in [0.717, 1.165) is 35.6 Å². The summed E-state index contributed by atoms with van der Waals surface area (Å²) in [5, 5.41) is 0. The highest BCUT2D eigenvalue weighted by Gasteiger charge is 2.30. The molecule has 26 heavy (non-hydrogen) atoms. The van der Waals surface area contributed by atoms with Crippen LogP contribution in [-0.2, 0) is 12.7 Å². The van der Waals surface area contributed by atoms with Crippen LogP contribution >= 0.6 is 11.3 Å². The van der Waals surface area contributed by atoms with Gasteiger partial charge in [0.05, 0.1) is 15.8 Å². The number of hydrogen-bond acceptors (Lipinski definition) is 2. The Morgan fingerprint density at radius 1 is 1.19 bits per heavy atom. The molecule has 3 aromatic rings. The summed E-state index contributed by atoms with van der Waals surface area (Å²) in [6.07, 6.45) is -4.59. The van der Waals surface area contributed by atoms with E-state index in [1.807, 2.05) is 0 Å². The SMILES string of the molecule is CCn1c(=NC(=O)c2cccc(C(F)(F)F)c2)sc2cc(F)cc(F)c21. The Morgan fingerprint density at radius 2 is 1.92 bits per heavy atom. The number of carbonyl (C=O) groups is 1. The van der Waals surface area contributed by atoms with E-state index in [-0.39, 0.29) is 27.1 Å². The van der Waals surface area contributed by atoms with Gasteiger partial charge in [-0.25, -0.2) is 8.78 Å². The summed E-state index contributed by atoms with van der Waals surface area (Å²) in [4.78, 5) is 16.2. The molecule has 0 atom stereocenters.